The lowest BCUT2D eigenvalue weighted by Crippen LogP contribution is -2.36. The van der Waals surface area contributed by atoms with Crippen LogP contribution in [-0.4, -0.2) is 15.2 Å². The smallest absolute Gasteiger partial charge is 0.332 e. The van der Waals surface area contributed by atoms with Crippen LogP contribution in [0.1, 0.15) is 37.5 Å². The molecule has 100 valence electrons. The highest BCUT2D eigenvalue weighted by Gasteiger charge is 2.28. The van der Waals surface area contributed by atoms with Crippen LogP contribution >= 0.6 is 0 Å². The van der Waals surface area contributed by atoms with Crippen LogP contribution in [0.2, 0.25) is 13.1 Å². The molecule has 0 heterocycles. The summed E-state index contributed by atoms with van der Waals surface area (Å²) in [6, 6.07) is 8.37. The Kier molecular flexibility index (Phi) is 5.79. The third-order valence-electron chi connectivity index (χ3n) is 2.83. The number of hydrogen-bond donors (Lipinski definition) is 0. The zero-order chi connectivity index (χ0) is 13.6. The lowest BCUT2D eigenvalue weighted by Gasteiger charge is -2.28. The van der Waals surface area contributed by atoms with E-state index in [4.69, 9.17) is 8.85 Å². The summed E-state index contributed by atoms with van der Waals surface area (Å²) in [5.74, 6) is 0. The second kappa shape index (κ2) is 6.88. The SMILES string of the molecule is C=Cc1ccc(C(CC)O[Si](C)(C)OCC)cc1. The number of benzene rings is 1. The van der Waals surface area contributed by atoms with Crippen molar-refractivity contribution in [2.45, 2.75) is 39.5 Å². The monoisotopic (exact) mass is 264 g/mol. The average molecular weight is 264 g/mol. The van der Waals surface area contributed by atoms with E-state index in [1.165, 1.54) is 5.56 Å². The van der Waals surface area contributed by atoms with Gasteiger partial charge < -0.3 is 8.85 Å². The van der Waals surface area contributed by atoms with Crippen LogP contribution in [0.3, 0.4) is 0 Å². The largest absolute Gasteiger partial charge is 0.395 e. The van der Waals surface area contributed by atoms with E-state index in [9.17, 15) is 0 Å². The Morgan fingerprint density at radius 2 is 1.83 bits per heavy atom. The molecule has 18 heavy (non-hydrogen) atoms. The Hall–Kier alpha value is -0.903. The molecule has 1 aromatic rings. The van der Waals surface area contributed by atoms with E-state index in [1.807, 2.05) is 13.0 Å². The summed E-state index contributed by atoms with van der Waals surface area (Å²) in [4.78, 5) is 0. The first-order valence-corrected chi connectivity index (χ1v) is 9.38. The zero-order valence-electron chi connectivity index (χ0n) is 11.9. The van der Waals surface area contributed by atoms with Gasteiger partial charge >= 0.3 is 8.56 Å². The first kappa shape index (κ1) is 15.2. The minimum Gasteiger partial charge on any atom is -0.395 e. The molecule has 3 heteroatoms. The summed E-state index contributed by atoms with van der Waals surface area (Å²) in [5, 5.41) is 0. The summed E-state index contributed by atoms with van der Waals surface area (Å²) in [7, 11) is -2.01. The quantitative estimate of drug-likeness (QED) is 0.673. The third kappa shape index (κ3) is 4.41. The highest BCUT2D eigenvalue weighted by molar-refractivity contribution is 6.64. The Morgan fingerprint density at radius 1 is 1.22 bits per heavy atom. The average Bonchev–Trinajstić information content (AvgIpc) is 2.36. The van der Waals surface area contributed by atoms with Crippen molar-refractivity contribution in [1.82, 2.24) is 0 Å². The second-order valence-electron chi connectivity index (χ2n) is 4.72. The molecule has 0 N–H and O–H groups in total. The van der Waals surface area contributed by atoms with Crippen molar-refractivity contribution < 1.29 is 8.85 Å². The number of rotatable bonds is 7. The van der Waals surface area contributed by atoms with Crippen molar-refractivity contribution in [3.63, 3.8) is 0 Å². The van der Waals surface area contributed by atoms with Crippen LogP contribution < -0.4 is 0 Å². The van der Waals surface area contributed by atoms with Gasteiger partial charge in [-0.15, -0.1) is 0 Å². The van der Waals surface area contributed by atoms with Gasteiger partial charge in [0.05, 0.1) is 6.10 Å². The van der Waals surface area contributed by atoms with E-state index < -0.39 is 8.56 Å². The van der Waals surface area contributed by atoms with E-state index in [-0.39, 0.29) is 6.10 Å². The first-order valence-electron chi connectivity index (χ1n) is 6.56. The lowest BCUT2D eigenvalue weighted by molar-refractivity contribution is 0.122. The van der Waals surface area contributed by atoms with Gasteiger partial charge in [0, 0.05) is 6.61 Å². The predicted octanol–water partition coefficient (Wildman–Crippen LogP) is 4.54. The zero-order valence-corrected chi connectivity index (χ0v) is 12.9. The van der Waals surface area contributed by atoms with Crippen LogP contribution in [-0.2, 0) is 8.85 Å². The molecule has 0 aliphatic heterocycles. The van der Waals surface area contributed by atoms with Crippen LogP contribution in [0.25, 0.3) is 6.08 Å². The van der Waals surface area contributed by atoms with Crippen LogP contribution in [0, 0.1) is 0 Å². The van der Waals surface area contributed by atoms with Crippen molar-refractivity contribution >= 4 is 14.6 Å². The molecular formula is C15H24O2Si. The Balaban J connectivity index is 2.78. The molecule has 0 fully saturated rings. The molecule has 0 amide bonds. The molecule has 1 rings (SSSR count). The van der Waals surface area contributed by atoms with Gasteiger partial charge in [0.2, 0.25) is 0 Å². The third-order valence-corrected chi connectivity index (χ3v) is 4.67. The molecule has 1 aromatic carbocycles. The van der Waals surface area contributed by atoms with E-state index >= 15 is 0 Å². The maximum atomic E-state index is 6.18. The Morgan fingerprint density at radius 3 is 2.28 bits per heavy atom. The topological polar surface area (TPSA) is 18.5 Å². The summed E-state index contributed by atoms with van der Waals surface area (Å²) in [6.07, 6.45) is 2.93. The summed E-state index contributed by atoms with van der Waals surface area (Å²) in [6.45, 7) is 12.8. The molecular weight excluding hydrogens is 240 g/mol. The minimum absolute atomic E-state index is 0.122. The molecule has 0 aromatic heterocycles. The van der Waals surface area contributed by atoms with E-state index in [1.54, 1.807) is 0 Å². The normalized spacial score (nSPS) is 13.3. The van der Waals surface area contributed by atoms with E-state index in [2.05, 4.69) is 50.9 Å². The molecule has 2 nitrogen and oxygen atoms in total. The molecule has 0 saturated heterocycles. The van der Waals surface area contributed by atoms with Crippen molar-refractivity contribution in [2.75, 3.05) is 6.61 Å². The Bertz CT molecular complexity index is 371. The van der Waals surface area contributed by atoms with Crippen LogP contribution in [0.5, 0.6) is 0 Å². The van der Waals surface area contributed by atoms with E-state index in [0.717, 1.165) is 12.0 Å². The van der Waals surface area contributed by atoms with E-state index in [0.29, 0.717) is 6.61 Å². The molecule has 0 bridgehead atoms. The summed E-state index contributed by atoms with van der Waals surface area (Å²) >= 11 is 0. The van der Waals surface area contributed by atoms with Gasteiger partial charge in [0.25, 0.3) is 0 Å². The summed E-state index contributed by atoms with van der Waals surface area (Å²) < 4.78 is 11.9. The molecule has 0 saturated carbocycles. The van der Waals surface area contributed by atoms with Crippen molar-refractivity contribution in [2.24, 2.45) is 0 Å². The standard InChI is InChI=1S/C15H24O2Si/c1-6-13-9-11-14(12-10-13)15(7-2)17-18(4,5)16-8-3/h6,9-12,15H,1,7-8H2,2-5H3. The van der Waals surface area contributed by atoms with Gasteiger partial charge in [0.15, 0.2) is 0 Å². The van der Waals surface area contributed by atoms with Gasteiger partial charge in [-0.1, -0.05) is 43.8 Å². The first-order chi connectivity index (χ1) is 8.52. The van der Waals surface area contributed by atoms with Gasteiger partial charge in [-0.05, 0) is 37.6 Å². The molecule has 0 aliphatic carbocycles. The lowest BCUT2D eigenvalue weighted by atomic mass is 10.1. The van der Waals surface area contributed by atoms with Crippen molar-refractivity contribution in [1.29, 1.82) is 0 Å². The Labute approximate surface area is 112 Å². The molecule has 0 spiro atoms. The predicted molar refractivity (Wildman–Crippen MR) is 79.8 cm³/mol. The maximum Gasteiger partial charge on any atom is 0.332 e. The molecule has 1 atom stereocenters. The fraction of sp³-hybridized carbons (Fsp3) is 0.467. The van der Waals surface area contributed by atoms with Crippen LogP contribution in [0.15, 0.2) is 30.8 Å². The molecule has 0 aliphatic rings. The van der Waals surface area contributed by atoms with Gasteiger partial charge in [-0.25, -0.2) is 0 Å². The minimum atomic E-state index is -2.01. The molecule has 0 radical (unpaired) electrons. The van der Waals surface area contributed by atoms with Gasteiger partial charge in [-0.3, -0.25) is 0 Å². The van der Waals surface area contributed by atoms with Gasteiger partial charge in [-0.2, -0.15) is 0 Å². The highest BCUT2D eigenvalue weighted by atomic mass is 28.4. The van der Waals surface area contributed by atoms with Crippen molar-refractivity contribution in [3.05, 3.63) is 42.0 Å². The van der Waals surface area contributed by atoms with Crippen LogP contribution in [0.4, 0.5) is 0 Å². The summed E-state index contributed by atoms with van der Waals surface area (Å²) in [5.41, 5.74) is 2.35. The maximum absolute atomic E-state index is 6.18. The fourth-order valence-electron chi connectivity index (χ4n) is 1.96. The van der Waals surface area contributed by atoms with Gasteiger partial charge in [0.1, 0.15) is 0 Å². The second-order valence-corrected chi connectivity index (χ2v) is 8.04. The number of hydrogen-bond acceptors (Lipinski definition) is 2. The fourth-order valence-corrected chi connectivity index (χ4v) is 3.71. The van der Waals surface area contributed by atoms with Crippen molar-refractivity contribution in [3.8, 4) is 0 Å². The highest BCUT2D eigenvalue weighted by Crippen LogP contribution is 2.26. The molecule has 1 unspecified atom stereocenters.